The van der Waals surface area contributed by atoms with E-state index in [2.05, 4.69) is 6.92 Å². The highest BCUT2D eigenvalue weighted by molar-refractivity contribution is 6.51. The largest absolute Gasteiger partial charge is 0.507 e. The van der Waals surface area contributed by atoms with Crippen molar-refractivity contribution in [3.8, 4) is 5.75 Å². The Morgan fingerprint density at radius 2 is 1.68 bits per heavy atom. The number of carbonyl (C=O) groups excluding carboxylic acids is 2. The second-order valence-electron chi connectivity index (χ2n) is 8.48. The number of aliphatic hydroxyl groups is 1. The van der Waals surface area contributed by atoms with E-state index in [1.165, 1.54) is 4.90 Å². The van der Waals surface area contributed by atoms with Crippen molar-refractivity contribution in [3.63, 3.8) is 0 Å². The van der Waals surface area contributed by atoms with Crippen LogP contribution in [-0.4, -0.2) is 23.4 Å². The number of Topliss-reactive ketones (excluding diaryl/α,β-unsaturated/α-hetero) is 1. The molecule has 174 valence electrons. The van der Waals surface area contributed by atoms with Gasteiger partial charge in [-0.15, -0.1) is 0 Å². The van der Waals surface area contributed by atoms with E-state index < -0.39 is 17.7 Å². The first-order chi connectivity index (χ1) is 16.4. The first kappa shape index (κ1) is 23.3. The average molecular weight is 456 g/mol. The number of hydrogen-bond donors (Lipinski definition) is 1. The average Bonchev–Trinajstić information content (AvgIpc) is 3.13. The second-order valence-corrected chi connectivity index (χ2v) is 8.48. The second kappa shape index (κ2) is 9.96. The molecule has 0 aliphatic carbocycles. The topological polar surface area (TPSA) is 66.8 Å². The van der Waals surface area contributed by atoms with E-state index in [-0.39, 0.29) is 11.3 Å². The number of ketones is 1. The lowest BCUT2D eigenvalue weighted by atomic mass is 9.94. The molecule has 4 rings (SSSR count). The van der Waals surface area contributed by atoms with Gasteiger partial charge in [0.15, 0.2) is 0 Å². The minimum absolute atomic E-state index is 0.0815. The molecule has 0 radical (unpaired) electrons. The van der Waals surface area contributed by atoms with Crippen molar-refractivity contribution in [2.45, 2.75) is 39.7 Å². The first-order valence-corrected chi connectivity index (χ1v) is 11.6. The lowest BCUT2D eigenvalue weighted by Crippen LogP contribution is -2.29. The summed E-state index contributed by atoms with van der Waals surface area (Å²) in [4.78, 5) is 28.1. The molecular weight excluding hydrogens is 426 g/mol. The maximum absolute atomic E-state index is 13.3. The molecule has 34 heavy (non-hydrogen) atoms. The van der Waals surface area contributed by atoms with Crippen LogP contribution in [0.25, 0.3) is 5.76 Å². The Morgan fingerprint density at radius 1 is 0.971 bits per heavy atom. The molecule has 5 heteroatoms. The summed E-state index contributed by atoms with van der Waals surface area (Å²) in [5, 5.41) is 11.2. The number of aryl methyl sites for hydroxylation is 2. The van der Waals surface area contributed by atoms with Crippen molar-refractivity contribution in [3.05, 3.63) is 101 Å². The Bertz CT molecular complexity index is 1230. The Morgan fingerprint density at radius 3 is 2.32 bits per heavy atom. The Hall–Kier alpha value is -3.86. The maximum atomic E-state index is 13.3. The van der Waals surface area contributed by atoms with E-state index in [9.17, 15) is 14.7 Å². The molecule has 5 nitrogen and oxygen atoms in total. The van der Waals surface area contributed by atoms with Crippen LogP contribution in [0.3, 0.4) is 0 Å². The SMILES string of the molecule is CCCOc1cccc(N2C(=O)C(=O)/C(=C(/O)c3ccc(C)cc3)C2c2ccc(CC)cc2)c1. The van der Waals surface area contributed by atoms with Crippen LogP contribution in [0.4, 0.5) is 5.69 Å². The zero-order chi connectivity index (χ0) is 24.2. The highest BCUT2D eigenvalue weighted by Crippen LogP contribution is 2.42. The van der Waals surface area contributed by atoms with Gasteiger partial charge in [-0.3, -0.25) is 14.5 Å². The number of amides is 1. The van der Waals surface area contributed by atoms with Crippen LogP contribution in [0.2, 0.25) is 0 Å². The molecule has 0 aromatic heterocycles. The third-order valence-corrected chi connectivity index (χ3v) is 6.04. The fraction of sp³-hybridized carbons (Fsp3) is 0.241. The van der Waals surface area contributed by atoms with Gasteiger partial charge < -0.3 is 9.84 Å². The summed E-state index contributed by atoms with van der Waals surface area (Å²) < 4.78 is 5.76. The lowest BCUT2D eigenvalue weighted by molar-refractivity contribution is -0.132. The van der Waals surface area contributed by atoms with E-state index in [0.717, 1.165) is 29.5 Å². The molecule has 1 amide bonds. The molecule has 1 heterocycles. The van der Waals surface area contributed by atoms with Crippen molar-refractivity contribution in [1.82, 2.24) is 0 Å². The molecular formula is C29H29NO4. The number of nitrogens with zero attached hydrogens (tertiary/aromatic N) is 1. The van der Waals surface area contributed by atoms with E-state index in [1.54, 1.807) is 30.3 Å². The van der Waals surface area contributed by atoms with Crippen molar-refractivity contribution < 1.29 is 19.4 Å². The minimum Gasteiger partial charge on any atom is -0.507 e. The molecule has 1 atom stereocenters. The van der Waals surface area contributed by atoms with Gasteiger partial charge in [0, 0.05) is 17.3 Å². The van der Waals surface area contributed by atoms with Crippen molar-refractivity contribution in [1.29, 1.82) is 0 Å². The number of hydrogen-bond acceptors (Lipinski definition) is 4. The Labute approximate surface area is 200 Å². The van der Waals surface area contributed by atoms with Gasteiger partial charge in [0.25, 0.3) is 11.7 Å². The molecule has 1 saturated heterocycles. The van der Waals surface area contributed by atoms with Crippen LogP contribution in [0, 0.1) is 6.92 Å². The Balaban J connectivity index is 1.88. The van der Waals surface area contributed by atoms with Gasteiger partial charge in [-0.2, -0.15) is 0 Å². The van der Waals surface area contributed by atoms with Gasteiger partial charge >= 0.3 is 0 Å². The normalized spacial score (nSPS) is 17.3. The lowest BCUT2D eigenvalue weighted by Gasteiger charge is -2.26. The van der Waals surface area contributed by atoms with Gasteiger partial charge in [-0.25, -0.2) is 0 Å². The zero-order valence-electron chi connectivity index (χ0n) is 19.7. The molecule has 0 bridgehead atoms. The maximum Gasteiger partial charge on any atom is 0.300 e. The fourth-order valence-electron chi connectivity index (χ4n) is 4.16. The molecule has 1 unspecified atom stereocenters. The number of aliphatic hydroxyl groups excluding tert-OH is 1. The summed E-state index contributed by atoms with van der Waals surface area (Å²) in [5.41, 5.74) is 4.06. The molecule has 0 saturated carbocycles. The summed E-state index contributed by atoms with van der Waals surface area (Å²) in [6.07, 6.45) is 1.73. The number of anilines is 1. The van der Waals surface area contributed by atoms with Crippen LogP contribution in [0.1, 0.15) is 48.6 Å². The Kier molecular flexibility index (Phi) is 6.82. The first-order valence-electron chi connectivity index (χ1n) is 11.6. The van der Waals surface area contributed by atoms with E-state index in [1.807, 2.05) is 56.3 Å². The molecule has 3 aromatic carbocycles. The molecule has 0 spiro atoms. The van der Waals surface area contributed by atoms with E-state index in [4.69, 9.17) is 4.74 Å². The molecule has 1 fully saturated rings. The van der Waals surface area contributed by atoms with Gasteiger partial charge in [0.1, 0.15) is 11.5 Å². The number of carbonyl (C=O) groups is 2. The molecule has 1 aliphatic rings. The van der Waals surface area contributed by atoms with Crippen LogP contribution in [0.15, 0.2) is 78.4 Å². The van der Waals surface area contributed by atoms with Gasteiger partial charge in [0.2, 0.25) is 0 Å². The number of ether oxygens (including phenoxy) is 1. The van der Waals surface area contributed by atoms with Crippen LogP contribution in [0.5, 0.6) is 5.75 Å². The van der Waals surface area contributed by atoms with E-state index in [0.29, 0.717) is 23.6 Å². The quantitative estimate of drug-likeness (QED) is 0.271. The molecule has 1 aliphatic heterocycles. The van der Waals surface area contributed by atoms with Crippen molar-refractivity contribution in [2.24, 2.45) is 0 Å². The third kappa shape index (κ3) is 4.46. The summed E-state index contributed by atoms with van der Waals surface area (Å²) in [7, 11) is 0. The molecule has 3 aromatic rings. The summed E-state index contributed by atoms with van der Waals surface area (Å²) in [6, 6.07) is 21.5. The predicted octanol–water partition coefficient (Wildman–Crippen LogP) is 5.97. The van der Waals surface area contributed by atoms with Crippen molar-refractivity contribution in [2.75, 3.05) is 11.5 Å². The number of benzene rings is 3. The minimum atomic E-state index is -0.756. The smallest absolute Gasteiger partial charge is 0.300 e. The third-order valence-electron chi connectivity index (χ3n) is 6.04. The highest BCUT2D eigenvalue weighted by atomic mass is 16.5. The standard InChI is InChI=1S/C29H29NO4/c1-4-17-34-24-8-6-7-23(18-24)30-26(21-15-11-20(5-2)12-16-21)25(28(32)29(30)33)27(31)22-13-9-19(3)10-14-22/h6-16,18,26,31H,4-5,17H2,1-3H3/b27-25+. The molecule has 1 N–H and O–H groups in total. The van der Waals surface area contributed by atoms with Crippen LogP contribution < -0.4 is 9.64 Å². The fourth-order valence-corrected chi connectivity index (χ4v) is 4.16. The summed E-state index contributed by atoms with van der Waals surface area (Å²) >= 11 is 0. The van der Waals surface area contributed by atoms with Crippen LogP contribution in [-0.2, 0) is 16.0 Å². The van der Waals surface area contributed by atoms with Gasteiger partial charge in [-0.1, -0.05) is 74.0 Å². The van der Waals surface area contributed by atoms with Gasteiger partial charge in [-0.05, 0) is 43.0 Å². The van der Waals surface area contributed by atoms with E-state index >= 15 is 0 Å². The zero-order valence-corrected chi connectivity index (χ0v) is 19.7. The van der Waals surface area contributed by atoms with Gasteiger partial charge in [0.05, 0.1) is 18.2 Å². The number of rotatable bonds is 7. The van der Waals surface area contributed by atoms with Crippen LogP contribution >= 0.6 is 0 Å². The van der Waals surface area contributed by atoms with Crippen molar-refractivity contribution >= 4 is 23.1 Å². The highest BCUT2D eigenvalue weighted by Gasteiger charge is 2.47. The summed E-state index contributed by atoms with van der Waals surface area (Å²) in [5.74, 6) is -0.933. The monoisotopic (exact) mass is 455 g/mol. The predicted molar refractivity (Wildman–Crippen MR) is 134 cm³/mol. The summed E-state index contributed by atoms with van der Waals surface area (Å²) in [6.45, 7) is 6.59.